The summed E-state index contributed by atoms with van der Waals surface area (Å²) in [7, 11) is 0. The van der Waals surface area contributed by atoms with Crippen LogP contribution in [0.2, 0.25) is 0 Å². The van der Waals surface area contributed by atoms with Crippen molar-refractivity contribution in [3.8, 4) is 16.8 Å². The second-order valence-corrected chi connectivity index (χ2v) is 9.32. The molecule has 6 aromatic rings. The third-order valence-corrected chi connectivity index (χ3v) is 6.75. The fraction of sp³-hybridized carbons (Fsp3) is 0.0645. The first-order chi connectivity index (χ1) is 19.4. The molecule has 0 aliphatic heterocycles. The molecule has 0 bridgehead atoms. The summed E-state index contributed by atoms with van der Waals surface area (Å²) < 4.78 is 15.9. The van der Waals surface area contributed by atoms with Crippen molar-refractivity contribution in [2.24, 2.45) is 0 Å². The van der Waals surface area contributed by atoms with Gasteiger partial charge >= 0.3 is 0 Å². The van der Waals surface area contributed by atoms with Gasteiger partial charge in [0.15, 0.2) is 0 Å². The minimum atomic E-state index is -0.527. The van der Waals surface area contributed by atoms with Crippen molar-refractivity contribution in [2.75, 3.05) is 11.1 Å². The molecule has 0 aliphatic rings. The Kier molecular flexibility index (Phi) is 6.13. The number of nitrogens with zero attached hydrogens (tertiary/aromatic N) is 5. The Morgan fingerprint density at radius 3 is 2.60 bits per heavy atom. The smallest absolute Gasteiger partial charge is 0.263 e. The molecule has 3 aromatic carbocycles. The van der Waals surface area contributed by atoms with Gasteiger partial charge in [-0.3, -0.25) is 14.3 Å². The van der Waals surface area contributed by atoms with Gasteiger partial charge in [-0.1, -0.05) is 42.5 Å². The fourth-order valence-corrected chi connectivity index (χ4v) is 4.90. The lowest BCUT2D eigenvalue weighted by molar-refractivity contribution is 0.625. The summed E-state index contributed by atoms with van der Waals surface area (Å²) in [5.74, 6) is -0.219. The number of anilines is 2. The van der Waals surface area contributed by atoms with E-state index >= 15 is 0 Å². The number of nitrogen functional groups attached to an aromatic ring is 1. The highest BCUT2D eigenvalue weighted by Crippen LogP contribution is 2.32. The summed E-state index contributed by atoms with van der Waals surface area (Å²) in [6, 6.07) is 22.7. The Morgan fingerprint density at radius 2 is 1.77 bits per heavy atom. The maximum atomic E-state index is 14.4. The quantitative estimate of drug-likeness (QED) is 0.250. The van der Waals surface area contributed by atoms with Crippen molar-refractivity contribution in [3.05, 3.63) is 125 Å². The van der Waals surface area contributed by atoms with E-state index in [9.17, 15) is 9.18 Å². The van der Waals surface area contributed by atoms with E-state index < -0.39 is 11.9 Å². The van der Waals surface area contributed by atoms with Crippen LogP contribution in [0.3, 0.4) is 0 Å². The van der Waals surface area contributed by atoms with Crippen molar-refractivity contribution in [1.82, 2.24) is 19.5 Å². The lowest BCUT2D eigenvalue weighted by Gasteiger charge is -2.22. The first-order valence-corrected chi connectivity index (χ1v) is 12.5. The minimum absolute atomic E-state index is 0.0109. The van der Waals surface area contributed by atoms with Gasteiger partial charge in [0.1, 0.15) is 11.6 Å². The van der Waals surface area contributed by atoms with E-state index in [0.717, 1.165) is 22.0 Å². The standard InChI is InChI=1S/C31H22FN7O/c1-18(37-29-26(34-2)17-36-31(33)38-29)27-14-20-8-5-11-24(21-13-19-7-3-4-12-25(19)35-16-21)28(20)30(40)39(27)23-10-6-9-22(32)15-23/h3-18H,1H3,(H3,33,36,37,38)/t18-/m0/s1. The number of rotatable bonds is 5. The molecule has 0 fully saturated rings. The Morgan fingerprint density at radius 1 is 0.975 bits per heavy atom. The number of halogens is 1. The van der Waals surface area contributed by atoms with Crippen LogP contribution in [0, 0.1) is 12.4 Å². The lowest BCUT2D eigenvalue weighted by Crippen LogP contribution is -2.26. The molecule has 9 heteroatoms. The zero-order valence-electron chi connectivity index (χ0n) is 21.3. The number of para-hydroxylation sites is 1. The van der Waals surface area contributed by atoms with Crippen LogP contribution in [-0.2, 0) is 0 Å². The number of benzene rings is 3. The molecule has 3 aromatic heterocycles. The maximum absolute atomic E-state index is 14.4. The highest BCUT2D eigenvalue weighted by Gasteiger charge is 2.20. The van der Waals surface area contributed by atoms with E-state index in [1.165, 1.54) is 22.9 Å². The largest absolute Gasteiger partial charge is 0.371 e. The molecule has 1 atom stereocenters. The Balaban J connectivity index is 1.59. The summed E-state index contributed by atoms with van der Waals surface area (Å²) in [6.45, 7) is 9.30. The van der Waals surface area contributed by atoms with Gasteiger partial charge in [-0.25, -0.2) is 19.2 Å². The van der Waals surface area contributed by atoms with E-state index in [-0.39, 0.29) is 23.0 Å². The molecule has 0 saturated carbocycles. The van der Waals surface area contributed by atoms with Gasteiger partial charge in [0, 0.05) is 29.0 Å². The number of nitrogens with one attached hydrogen (secondary N) is 1. The number of hydrogen-bond acceptors (Lipinski definition) is 6. The van der Waals surface area contributed by atoms with Crippen LogP contribution in [0.25, 0.3) is 43.3 Å². The predicted octanol–water partition coefficient (Wildman–Crippen LogP) is 6.44. The second-order valence-electron chi connectivity index (χ2n) is 9.32. The number of hydrogen-bond donors (Lipinski definition) is 2. The molecule has 8 nitrogen and oxygen atoms in total. The molecule has 3 heterocycles. The van der Waals surface area contributed by atoms with Crippen molar-refractivity contribution >= 4 is 39.1 Å². The van der Waals surface area contributed by atoms with Crippen molar-refractivity contribution in [2.45, 2.75) is 13.0 Å². The summed E-state index contributed by atoms with van der Waals surface area (Å²) in [4.78, 5) is 30.5. The molecular formula is C31H22FN7O. The van der Waals surface area contributed by atoms with Gasteiger partial charge in [0.25, 0.3) is 5.56 Å². The predicted molar refractivity (Wildman–Crippen MR) is 155 cm³/mol. The van der Waals surface area contributed by atoms with Crippen LogP contribution >= 0.6 is 0 Å². The number of fused-ring (bicyclic) bond motifs is 2. The third-order valence-electron chi connectivity index (χ3n) is 6.75. The van der Waals surface area contributed by atoms with Crippen LogP contribution in [0.4, 0.5) is 21.8 Å². The summed E-state index contributed by atoms with van der Waals surface area (Å²) >= 11 is 0. The van der Waals surface area contributed by atoms with E-state index in [4.69, 9.17) is 12.3 Å². The van der Waals surface area contributed by atoms with Crippen molar-refractivity contribution < 1.29 is 4.39 Å². The molecule has 0 aliphatic carbocycles. The molecular weight excluding hydrogens is 505 g/mol. The van der Waals surface area contributed by atoms with E-state index in [2.05, 4.69) is 25.1 Å². The molecule has 0 spiro atoms. The van der Waals surface area contributed by atoms with E-state index in [0.29, 0.717) is 22.2 Å². The van der Waals surface area contributed by atoms with Crippen LogP contribution in [-0.4, -0.2) is 19.5 Å². The van der Waals surface area contributed by atoms with Gasteiger partial charge in [0.05, 0.1) is 29.2 Å². The maximum Gasteiger partial charge on any atom is 0.263 e. The first-order valence-electron chi connectivity index (χ1n) is 12.5. The monoisotopic (exact) mass is 527 g/mol. The van der Waals surface area contributed by atoms with Crippen molar-refractivity contribution in [3.63, 3.8) is 0 Å². The average molecular weight is 528 g/mol. The van der Waals surface area contributed by atoms with Gasteiger partial charge in [0.2, 0.25) is 11.6 Å². The topological polar surface area (TPSA) is 103 Å². The van der Waals surface area contributed by atoms with Crippen molar-refractivity contribution in [1.29, 1.82) is 0 Å². The lowest BCUT2D eigenvalue weighted by atomic mass is 9.98. The number of pyridine rings is 2. The molecule has 0 unspecified atom stereocenters. The Hall–Kier alpha value is -5.62. The fourth-order valence-electron chi connectivity index (χ4n) is 4.90. The number of aromatic nitrogens is 4. The number of nitrogens with two attached hydrogens (primary N) is 1. The van der Waals surface area contributed by atoms with Gasteiger partial charge < -0.3 is 11.1 Å². The first kappa shape index (κ1) is 24.7. The molecule has 194 valence electrons. The van der Waals surface area contributed by atoms with E-state index in [1.54, 1.807) is 18.3 Å². The van der Waals surface area contributed by atoms with Crippen LogP contribution in [0.1, 0.15) is 18.7 Å². The molecule has 6 rings (SSSR count). The Bertz CT molecular complexity index is 2030. The Labute approximate surface area is 228 Å². The summed E-state index contributed by atoms with van der Waals surface area (Å²) in [5, 5.41) is 5.34. The molecule has 3 N–H and O–H groups in total. The average Bonchev–Trinajstić information content (AvgIpc) is 2.96. The third kappa shape index (κ3) is 4.37. The summed E-state index contributed by atoms with van der Waals surface area (Å²) in [5.41, 5.74) is 8.93. The molecule has 40 heavy (non-hydrogen) atoms. The molecule has 0 radical (unpaired) electrons. The zero-order valence-corrected chi connectivity index (χ0v) is 21.3. The SMILES string of the molecule is [C-]#[N+]c1cnc(N)nc1N[C@@H](C)c1cc2cccc(-c3cnc4ccccc4c3)c2c(=O)n1-c1cccc(F)c1. The highest BCUT2D eigenvalue weighted by atomic mass is 19.1. The summed E-state index contributed by atoms with van der Waals surface area (Å²) in [6.07, 6.45) is 3.10. The van der Waals surface area contributed by atoms with E-state index in [1.807, 2.05) is 61.5 Å². The van der Waals surface area contributed by atoms with Crippen LogP contribution in [0.5, 0.6) is 0 Å². The minimum Gasteiger partial charge on any atom is -0.371 e. The van der Waals surface area contributed by atoms with Gasteiger partial charge in [-0.2, -0.15) is 0 Å². The second kappa shape index (κ2) is 9.93. The zero-order chi connectivity index (χ0) is 27.8. The van der Waals surface area contributed by atoms with Crippen LogP contribution < -0.4 is 16.6 Å². The van der Waals surface area contributed by atoms with Gasteiger partial charge in [-0.05, 0) is 54.3 Å². The molecule has 0 amide bonds. The van der Waals surface area contributed by atoms with Gasteiger partial charge in [-0.15, -0.1) is 0 Å². The highest BCUT2D eigenvalue weighted by molar-refractivity contribution is 5.98. The normalized spacial score (nSPS) is 11.8. The molecule has 0 saturated heterocycles. The van der Waals surface area contributed by atoms with Crippen LogP contribution in [0.15, 0.2) is 96.1 Å².